The van der Waals surface area contributed by atoms with Crippen molar-refractivity contribution in [2.45, 2.75) is 139 Å². The molecular formula is C41H59NO4. The van der Waals surface area contributed by atoms with Crippen LogP contribution in [-0.4, -0.2) is 23.8 Å². The van der Waals surface area contributed by atoms with E-state index in [1.165, 1.54) is 5.57 Å². The topological polar surface area (TPSA) is 72.5 Å². The SMILES string of the molecule is CC(=O)O[C@H]1CC[C@@]2(C)C(CC[C@]3(C)C2CC[C@@H]2C4=C(C(C)C)C(=O)C[C@]4(C(=O)NC(C)(C)c4ccccc4)CC[C@]23C)C1(C)C. The van der Waals surface area contributed by atoms with Crippen LogP contribution < -0.4 is 5.32 Å². The molecule has 2 unspecified atom stereocenters. The zero-order chi connectivity index (χ0) is 33.7. The van der Waals surface area contributed by atoms with Crippen molar-refractivity contribution in [1.29, 1.82) is 0 Å². The van der Waals surface area contributed by atoms with Crippen molar-refractivity contribution in [1.82, 2.24) is 5.32 Å². The predicted molar refractivity (Wildman–Crippen MR) is 183 cm³/mol. The van der Waals surface area contributed by atoms with Gasteiger partial charge in [0.05, 0.1) is 11.0 Å². The fourth-order valence-corrected chi connectivity index (χ4v) is 12.6. The lowest BCUT2D eigenvalue weighted by atomic mass is 9.33. The van der Waals surface area contributed by atoms with Crippen molar-refractivity contribution < 1.29 is 19.1 Å². The molecule has 1 aromatic rings. The summed E-state index contributed by atoms with van der Waals surface area (Å²) in [7, 11) is 0. The highest BCUT2D eigenvalue weighted by Crippen LogP contribution is 2.76. The summed E-state index contributed by atoms with van der Waals surface area (Å²) in [6.45, 7) is 22.4. The summed E-state index contributed by atoms with van der Waals surface area (Å²) in [6.07, 6.45) is 8.40. The van der Waals surface area contributed by atoms with Gasteiger partial charge in [-0.05, 0) is 122 Å². The standard InChI is InChI=1S/C41H59NO4/c1-25(2)33-29(44)24-41(35(45)42-37(6,7)27-14-12-11-13-15-27)23-22-39(9)28(34(33)41)16-17-31-38(8)20-19-32(46-26(3)43)36(4,5)30(38)18-21-40(31,39)10/h11-15,25,28,30-32H,16-24H2,1-10H3,(H,42,45)/t28-,30?,31?,32+,38+,39-,40-,41-/m1/s1. The van der Waals surface area contributed by atoms with Crippen LogP contribution in [0.25, 0.3) is 0 Å². The molecule has 8 atom stereocenters. The third-order valence-corrected chi connectivity index (χ3v) is 15.0. The number of ketones is 1. The third kappa shape index (κ3) is 4.55. The van der Waals surface area contributed by atoms with E-state index in [2.05, 4.69) is 79.8 Å². The number of esters is 1. The Morgan fingerprint density at radius 3 is 2.17 bits per heavy atom. The maximum absolute atomic E-state index is 14.7. The predicted octanol–water partition coefficient (Wildman–Crippen LogP) is 8.95. The molecular weight excluding hydrogens is 570 g/mol. The number of ether oxygens (including phenoxy) is 1. The molecule has 0 saturated heterocycles. The Kier molecular flexibility index (Phi) is 7.85. The van der Waals surface area contributed by atoms with Crippen LogP contribution in [0.5, 0.6) is 0 Å². The van der Waals surface area contributed by atoms with Gasteiger partial charge in [0.1, 0.15) is 6.10 Å². The highest BCUT2D eigenvalue weighted by Gasteiger charge is 2.71. The van der Waals surface area contributed by atoms with Crippen molar-refractivity contribution in [2.75, 3.05) is 0 Å². The number of hydrogen-bond donors (Lipinski definition) is 1. The number of Topliss-reactive ketones (excluding diaryl/α,β-unsaturated/α-hetero) is 1. The number of carbonyl (C=O) groups is 3. The van der Waals surface area contributed by atoms with E-state index in [0.717, 1.165) is 62.5 Å². The van der Waals surface area contributed by atoms with Gasteiger partial charge in [0, 0.05) is 18.8 Å². The maximum Gasteiger partial charge on any atom is 0.302 e. The van der Waals surface area contributed by atoms with E-state index in [-0.39, 0.29) is 57.3 Å². The summed E-state index contributed by atoms with van der Waals surface area (Å²) in [5.74, 6) is 1.42. The van der Waals surface area contributed by atoms with Crippen molar-refractivity contribution in [3.05, 3.63) is 47.0 Å². The van der Waals surface area contributed by atoms with Crippen LogP contribution in [0.2, 0.25) is 0 Å². The highest BCUT2D eigenvalue weighted by molar-refractivity contribution is 6.07. The first kappa shape index (κ1) is 33.5. The molecule has 46 heavy (non-hydrogen) atoms. The Morgan fingerprint density at radius 1 is 0.870 bits per heavy atom. The van der Waals surface area contributed by atoms with Crippen LogP contribution >= 0.6 is 0 Å². The molecule has 5 heteroatoms. The van der Waals surface area contributed by atoms with E-state index in [1.54, 1.807) is 6.92 Å². The van der Waals surface area contributed by atoms with E-state index >= 15 is 0 Å². The van der Waals surface area contributed by atoms with Gasteiger partial charge in [-0.2, -0.15) is 0 Å². The quantitative estimate of drug-likeness (QED) is 0.330. The second-order valence-corrected chi connectivity index (χ2v) is 18.2. The molecule has 5 aliphatic carbocycles. The van der Waals surface area contributed by atoms with Crippen LogP contribution in [0.3, 0.4) is 0 Å². The molecule has 252 valence electrons. The molecule has 6 rings (SSSR count). The molecule has 1 N–H and O–H groups in total. The summed E-state index contributed by atoms with van der Waals surface area (Å²) >= 11 is 0. The van der Waals surface area contributed by atoms with Gasteiger partial charge in [0.15, 0.2) is 5.78 Å². The number of benzene rings is 1. The molecule has 0 aliphatic heterocycles. The number of fused-ring (bicyclic) bond motifs is 7. The van der Waals surface area contributed by atoms with Crippen LogP contribution in [0.15, 0.2) is 41.5 Å². The van der Waals surface area contributed by atoms with Gasteiger partial charge in [-0.25, -0.2) is 0 Å². The first-order valence-corrected chi connectivity index (χ1v) is 18.2. The lowest BCUT2D eigenvalue weighted by Gasteiger charge is -2.72. The van der Waals surface area contributed by atoms with Crippen LogP contribution in [0, 0.1) is 50.7 Å². The fourth-order valence-electron chi connectivity index (χ4n) is 12.6. The molecule has 0 bridgehead atoms. The Balaban J connectivity index is 1.38. The minimum atomic E-state index is -0.763. The fraction of sp³-hybridized carbons (Fsp3) is 0.732. The number of rotatable bonds is 5. The molecule has 4 fully saturated rings. The molecule has 0 heterocycles. The molecule has 5 aliphatic rings. The molecule has 0 aromatic heterocycles. The van der Waals surface area contributed by atoms with Crippen LogP contribution in [0.4, 0.5) is 0 Å². The van der Waals surface area contributed by atoms with Crippen molar-refractivity contribution in [2.24, 2.45) is 50.7 Å². The largest absolute Gasteiger partial charge is 0.462 e. The average Bonchev–Trinajstić information content (AvgIpc) is 3.28. The van der Waals surface area contributed by atoms with Gasteiger partial charge in [0.2, 0.25) is 5.91 Å². The number of allylic oxidation sites excluding steroid dienone is 1. The normalized spacial score (nSPS) is 40.0. The minimum absolute atomic E-state index is 0.000403. The summed E-state index contributed by atoms with van der Waals surface area (Å²) in [5, 5.41) is 3.47. The molecule has 0 spiro atoms. The van der Waals surface area contributed by atoms with E-state index < -0.39 is 11.0 Å². The third-order valence-electron chi connectivity index (χ3n) is 15.0. The Bertz CT molecular complexity index is 1460. The lowest BCUT2D eigenvalue weighted by Crippen LogP contribution is -2.66. The first-order valence-electron chi connectivity index (χ1n) is 18.2. The van der Waals surface area contributed by atoms with Gasteiger partial charge in [0.25, 0.3) is 0 Å². The Morgan fingerprint density at radius 2 is 1.54 bits per heavy atom. The van der Waals surface area contributed by atoms with Gasteiger partial charge >= 0.3 is 5.97 Å². The molecule has 4 saturated carbocycles. The molecule has 0 radical (unpaired) electrons. The van der Waals surface area contributed by atoms with Crippen molar-refractivity contribution in [3.8, 4) is 0 Å². The number of carbonyl (C=O) groups excluding carboxylic acids is 3. The van der Waals surface area contributed by atoms with E-state index in [1.807, 2.05) is 18.2 Å². The lowest BCUT2D eigenvalue weighted by molar-refractivity contribution is -0.232. The zero-order valence-corrected chi connectivity index (χ0v) is 30.3. The van der Waals surface area contributed by atoms with Crippen LogP contribution in [-0.2, 0) is 24.7 Å². The number of hydrogen-bond acceptors (Lipinski definition) is 4. The van der Waals surface area contributed by atoms with Crippen molar-refractivity contribution >= 4 is 17.7 Å². The van der Waals surface area contributed by atoms with E-state index in [4.69, 9.17) is 4.74 Å². The second kappa shape index (κ2) is 10.8. The van der Waals surface area contributed by atoms with E-state index in [9.17, 15) is 14.4 Å². The average molecular weight is 630 g/mol. The van der Waals surface area contributed by atoms with E-state index in [0.29, 0.717) is 18.3 Å². The van der Waals surface area contributed by atoms with Gasteiger partial charge in [-0.1, -0.05) is 78.8 Å². The first-order chi connectivity index (χ1) is 21.3. The van der Waals surface area contributed by atoms with Gasteiger partial charge < -0.3 is 10.1 Å². The summed E-state index contributed by atoms with van der Waals surface area (Å²) in [5.41, 5.74) is 2.10. The molecule has 1 aromatic carbocycles. The highest BCUT2D eigenvalue weighted by atomic mass is 16.5. The van der Waals surface area contributed by atoms with Crippen molar-refractivity contribution in [3.63, 3.8) is 0 Å². The molecule has 1 amide bonds. The zero-order valence-electron chi connectivity index (χ0n) is 30.3. The second-order valence-electron chi connectivity index (χ2n) is 18.2. The minimum Gasteiger partial charge on any atom is -0.462 e. The van der Waals surface area contributed by atoms with Crippen LogP contribution in [0.1, 0.15) is 133 Å². The summed E-state index contributed by atoms with van der Waals surface area (Å²) < 4.78 is 5.94. The molecule has 5 nitrogen and oxygen atoms in total. The van der Waals surface area contributed by atoms with Gasteiger partial charge in [-0.15, -0.1) is 0 Å². The smallest absolute Gasteiger partial charge is 0.302 e. The number of nitrogens with one attached hydrogen (secondary N) is 1. The summed E-state index contributed by atoms with van der Waals surface area (Å²) in [4.78, 5) is 40.8. The monoisotopic (exact) mass is 629 g/mol. The van der Waals surface area contributed by atoms with Gasteiger partial charge in [-0.3, -0.25) is 14.4 Å². The number of amides is 1. The maximum atomic E-state index is 14.7. The Labute approximate surface area is 278 Å². The summed E-state index contributed by atoms with van der Waals surface area (Å²) in [6, 6.07) is 10.2. The Hall–Kier alpha value is -2.43.